The normalized spacial score (nSPS) is 23.2. The van der Waals surface area contributed by atoms with Crippen LogP contribution in [0.1, 0.15) is 12.8 Å². The van der Waals surface area contributed by atoms with Gasteiger partial charge in [0.2, 0.25) is 0 Å². The minimum atomic E-state index is -1.09. The molecule has 1 heterocycles. The van der Waals surface area contributed by atoms with Crippen molar-refractivity contribution in [1.82, 2.24) is 5.32 Å². The lowest BCUT2D eigenvalue weighted by atomic mass is 10.1. The van der Waals surface area contributed by atoms with E-state index in [0.717, 1.165) is 13.0 Å². The van der Waals surface area contributed by atoms with Gasteiger partial charge < -0.3 is 20.3 Å². The van der Waals surface area contributed by atoms with Crippen LogP contribution in [0.25, 0.3) is 0 Å². The molecule has 1 amide bonds. The molecule has 5 heteroatoms. The van der Waals surface area contributed by atoms with Crippen LogP contribution >= 0.6 is 0 Å². The second-order valence-electron chi connectivity index (χ2n) is 2.86. The zero-order chi connectivity index (χ0) is 8.97. The number of aliphatic hydroxyl groups excluding tert-OH is 1. The lowest BCUT2D eigenvalue weighted by Gasteiger charge is -2.12. The van der Waals surface area contributed by atoms with Crippen molar-refractivity contribution in [3.63, 3.8) is 0 Å². The van der Waals surface area contributed by atoms with E-state index in [4.69, 9.17) is 14.9 Å². The molecule has 0 radical (unpaired) electrons. The maximum Gasteiger partial charge on any atom is 0.404 e. The number of nitrogens with one attached hydrogen (secondary N) is 1. The first kappa shape index (κ1) is 9.28. The maximum absolute atomic E-state index is 10.2. The van der Waals surface area contributed by atoms with Crippen LogP contribution in [0.15, 0.2) is 0 Å². The summed E-state index contributed by atoms with van der Waals surface area (Å²) in [5.41, 5.74) is 0. The van der Waals surface area contributed by atoms with E-state index < -0.39 is 6.09 Å². The molecule has 5 nitrogen and oxygen atoms in total. The van der Waals surface area contributed by atoms with Crippen molar-refractivity contribution in [2.75, 3.05) is 13.2 Å². The number of carbonyl (C=O) groups is 1. The van der Waals surface area contributed by atoms with Gasteiger partial charge in [0.15, 0.2) is 0 Å². The number of rotatable bonds is 5. The van der Waals surface area contributed by atoms with E-state index in [1.165, 1.54) is 0 Å². The summed E-state index contributed by atoms with van der Waals surface area (Å²) in [4.78, 5) is 10.2. The zero-order valence-electron chi connectivity index (χ0n) is 6.69. The Balaban J connectivity index is 2.10. The van der Waals surface area contributed by atoms with E-state index in [-0.39, 0.29) is 18.8 Å². The Morgan fingerprint density at radius 2 is 2.42 bits per heavy atom. The van der Waals surface area contributed by atoms with E-state index >= 15 is 0 Å². The molecule has 1 saturated heterocycles. The second kappa shape index (κ2) is 4.27. The molecular formula is C7H13NO4. The maximum atomic E-state index is 10.2. The van der Waals surface area contributed by atoms with Crippen LogP contribution in [-0.4, -0.2) is 41.7 Å². The lowest BCUT2D eigenvalue weighted by Crippen LogP contribution is -2.36. The Morgan fingerprint density at radius 3 is 2.83 bits per heavy atom. The van der Waals surface area contributed by atoms with Gasteiger partial charge in [-0.3, -0.25) is 0 Å². The summed E-state index contributed by atoms with van der Waals surface area (Å²) in [6, 6.07) is -0.355. The van der Waals surface area contributed by atoms with Gasteiger partial charge in [-0.25, -0.2) is 4.79 Å². The van der Waals surface area contributed by atoms with Gasteiger partial charge in [-0.2, -0.15) is 0 Å². The number of hydrogen-bond donors (Lipinski definition) is 3. The van der Waals surface area contributed by atoms with Gasteiger partial charge in [0.25, 0.3) is 0 Å². The summed E-state index contributed by atoms with van der Waals surface area (Å²) in [6.45, 7) is 0.615. The fourth-order valence-corrected chi connectivity index (χ4v) is 1.01. The van der Waals surface area contributed by atoms with Gasteiger partial charge in [0, 0.05) is 0 Å². The van der Waals surface area contributed by atoms with Gasteiger partial charge in [-0.05, 0) is 12.8 Å². The molecule has 1 unspecified atom stereocenters. The van der Waals surface area contributed by atoms with Crippen molar-refractivity contribution >= 4 is 6.09 Å². The first-order valence-electron chi connectivity index (χ1n) is 3.94. The van der Waals surface area contributed by atoms with E-state index in [9.17, 15) is 4.79 Å². The predicted molar refractivity (Wildman–Crippen MR) is 41.0 cm³/mol. The summed E-state index contributed by atoms with van der Waals surface area (Å²) >= 11 is 0. The van der Waals surface area contributed by atoms with Crippen molar-refractivity contribution in [2.45, 2.75) is 25.0 Å². The largest absolute Gasteiger partial charge is 0.465 e. The summed E-state index contributed by atoms with van der Waals surface area (Å²) in [7, 11) is 0. The van der Waals surface area contributed by atoms with Crippen molar-refractivity contribution < 1.29 is 19.7 Å². The first-order chi connectivity index (χ1) is 5.72. The molecule has 0 aromatic rings. The summed E-state index contributed by atoms with van der Waals surface area (Å²) in [6.07, 6.45) is 0.638. The third-order valence-electron chi connectivity index (χ3n) is 1.79. The zero-order valence-corrected chi connectivity index (χ0v) is 6.69. The summed E-state index contributed by atoms with van der Waals surface area (Å²) in [5, 5.41) is 19.3. The highest BCUT2D eigenvalue weighted by Gasteiger charge is 2.23. The molecule has 0 aromatic carbocycles. The lowest BCUT2D eigenvalue weighted by molar-refractivity contribution is 0.174. The minimum absolute atomic E-state index is 0.154. The molecule has 1 aliphatic heterocycles. The van der Waals surface area contributed by atoms with Gasteiger partial charge in [0.05, 0.1) is 25.4 Å². The highest BCUT2D eigenvalue weighted by molar-refractivity contribution is 5.64. The van der Waals surface area contributed by atoms with Crippen LogP contribution < -0.4 is 5.32 Å². The quantitative estimate of drug-likeness (QED) is 0.505. The third-order valence-corrected chi connectivity index (χ3v) is 1.79. The van der Waals surface area contributed by atoms with Gasteiger partial charge in [0.1, 0.15) is 0 Å². The number of hydrogen-bond acceptors (Lipinski definition) is 3. The van der Waals surface area contributed by atoms with Crippen molar-refractivity contribution in [1.29, 1.82) is 0 Å². The Morgan fingerprint density at radius 1 is 1.75 bits per heavy atom. The Labute approximate surface area is 70.3 Å². The third kappa shape index (κ3) is 3.54. The molecule has 1 rings (SSSR count). The van der Waals surface area contributed by atoms with E-state index in [2.05, 4.69) is 5.32 Å². The molecule has 1 fully saturated rings. The van der Waals surface area contributed by atoms with E-state index in [1.807, 2.05) is 0 Å². The molecule has 0 aromatic heterocycles. The Bertz CT molecular complexity index is 157. The van der Waals surface area contributed by atoms with E-state index in [0.29, 0.717) is 6.42 Å². The highest BCUT2D eigenvalue weighted by atomic mass is 16.6. The first-order valence-corrected chi connectivity index (χ1v) is 3.94. The van der Waals surface area contributed by atoms with Crippen LogP contribution in [0, 0.1) is 0 Å². The van der Waals surface area contributed by atoms with Gasteiger partial charge in [-0.1, -0.05) is 0 Å². The number of carboxylic acid groups (broad SMARTS) is 1. The smallest absolute Gasteiger partial charge is 0.404 e. The fourth-order valence-electron chi connectivity index (χ4n) is 1.01. The molecule has 2 atom stereocenters. The Kier molecular flexibility index (Phi) is 3.31. The van der Waals surface area contributed by atoms with Crippen LogP contribution in [-0.2, 0) is 4.74 Å². The average Bonchev–Trinajstić information content (AvgIpc) is 2.80. The number of epoxide rings is 1. The van der Waals surface area contributed by atoms with Crippen molar-refractivity contribution in [3.8, 4) is 0 Å². The predicted octanol–water partition coefficient (Wildman–Crippen LogP) is -0.206. The van der Waals surface area contributed by atoms with Crippen molar-refractivity contribution in [2.24, 2.45) is 0 Å². The van der Waals surface area contributed by atoms with Gasteiger partial charge >= 0.3 is 6.09 Å². The number of aliphatic hydroxyl groups is 1. The van der Waals surface area contributed by atoms with Crippen LogP contribution in [0.5, 0.6) is 0 Å². The van der Waals surface area contributed by atoms with Gasteiger partial charge in [-0.15, -0.1) is 0 Å². The topological polar surface area (TPSA) is 82.1 Å². The monoisotopic (exact) mass is 175 g/mol. The molecule has 12 heavy (non-hydrogen) atoms. The molecule has 0 saturated carbocycles. The standard InChI is InChI=1S/C7H13NO4/c9-3-5(8-7(10)11)1-2-6-4-12-6/h5-6,8-9H,1-4H2,(H,10,11)/t5-,6?/m0/s1. The highest BCUT2D eigenvalue weighted by Crippen LogP contribution is 2.16. The minimum Gasteiger partial charge on any atom is -0.465 e. The SMILES string of the molecule is O=C(O)N[C@H](CO)CCC1CO1. The molecule has 3 N–H and O–H groups in total. The van der Waals surface area contributed by atoms with Crippen molar-refractivity contribution in [3.05, 3.63) is 0 Å². The summed E-state index contributed by atoms with van der Waals surface area (Å²) < 4.78 is 4.95. The molecular weight excluding hydrogens is 162 g/mol. The van der Waals surface area contributed by atoms with Crippen LogP contribution in [0.4, 0.5) is 4.79 Å². The van der Waals surface area contributed by atoms with E-state index in [1.54, 1.807) is 0 Å². The van der Waals surface area contributed by atoms with Crippen LogP contribution in [0.3, 0.4) is 0 Å². The number of amides is 1. The molecule has 0 spiro atoms. The van der Waals surface area contributed by atoms with Crippen LogP contribution in [0.2, 0.25) is 0 Å². The average molecular weight is 175 g/mol. The molecule has 0 bridgehead atoms. The molecule has 0 aliphatic carbocycles. The molecule has 1 aliphatic rings. The summed E-state index contributed by atoms with van der Waals surface area (Å²) in [5.74, 6) is 0. The molecule has 70 valence electrons. The fraction of sp³-hybridized carbons (Fsp3) is 0.857. The second-order valence-corrected chi connectivity index (χ2v) is 2.86. The number of ether oxygens (including phenoxy) is 1. The Hall–Kier alpha value is -0.810.